The summed E-state index contributed by atoms with van der Waals surface area (Å²) in [7, 11) is -1.31. The van der Waals surface area contributed by atoms with E-state index in [1.807, 2.05) is 4.57 Å². The third-order valence-electron chi connectivity index (χ3n) is 5.75. The first kappa shape index (κ1) is 20.6. The van der Waals surface area contributed by atoms with E-state index < -0.39 is 9.84 Å². The zero-order chi connectivity index (χ0) is 20.4. The number of benzene rings is 1. The van der Waals surface area contributed by atoms with Gasteiger partial charge in [0.1, 0.15) is 0 Å². The van der Waals surface area contributed by atoms with Crippen LogP contribution in [0, 0.1) is 12.8 Å². The first-order valence-electron chi connectivity index (χ1n) is 10.5. The number of hydrogen-bond acceptors (Lipinski definition) is 5. The van der Waals surface area contributed by atoms with Gasteiger partial charge in [0, 0.05) is 19.7 Å². The van der Waals surface area contributed by atoms with Crippen molar-refractivity contribution in [2.45, 2.75) is 63.5 Å². The summed E-state index contributed by atoms with van der Waals surface area (Å²) in [5, 5.41) is 0.221. The quantitative estimate of drug-likeness (QED) is 0.627. The number of sulfone groups is 1. The second-order valence-corrected chi connectivity index (χ2v) is 10.6. The molecule has 2 heterocycles. The van der Waals surface area contributed by atoms with Crippen LogP contribution in [0.15, 0.2) is 35.6 Å². The Bertz CT molecular complexity index is 927. The number of imidazole rings is 1. The van der Waals surface area contributed by atoms with Gasteiger partial charge in [0.05, 0.1) is 30.3 Å². The first-order chi connectivity index (χ1) is 13.9. The maximum Gasteiger partial charge on any atom is 0.227 e. The van der Waals surface area contributed by atoms with Crippen LogP contribution in [0.1, 0.15) is 42.5 Å². The molecule has 1 aromatic carbocycles. The zero-order valence-electron chi connectivity index (χ0n) is 17.4. The Morgan fingerprint density at radius 1 is 1.17 bits per heavy atom. The van der Waals surface area contributed by atoms with Gasteiger partial charge in [0.2, 0.25) is 15.0 Å². The molecule has 0 N–H and O–H groups in total. The van der Waals surface area contributed by atoms with E-state index in [0.29, 0.717) is 19.0 Å². The normalized spacial score (nSPS) is 19.9. The lowest BCUT2D eigenvalue weighted by Crippen LogP contribution is -2.25. The smallest absolute Gasteiger partial charge is 0.227 e. The molecule has 1 saturated heterocycles. The monoisotopic (exact) mass is 417 g/mol. The Balaban J connectivity index is 1.53. The molecule has 29 heavy (non-hydrogen) atoms. The van der Waals surface area contributed by atoms with Crippen molar-refractivity contribution in [3.63, 3.8) is 0 Å². The van der Waals surface area contributed by atoms with Crippen molar-refractivity contribution in [2.24, 2.45) is 5.92 Å². The van der Waals surface area contributed by atoms with E-state index in [1.165, 1.54) is 11.1 Å². The van der Waals surface area contributed by atoms with Gasteiger partial charge in [-0.3, -0.25) is 4.90 Å². The first-order valence-corrected chi connectivity index (χ1v) is 12.2. The zero-order valence-corrected chi connectivity index (χ0v) is 18.2. The van der Waals surface area contributed by atoms with Gasteiger partial charge < -0.3 is 9.30 Å². The standard InChI is InChI=1S/C22H31N3O3S/c1-17-5-7-18(8-6-17)13-24(2)14-20-12-23-22(29(26,27)16-19-9-10-19)25(20)15-21-4-3-11-28-21/h5-8,12,19,21H,3-4,9-11,13-16H2,1-2H3. The van der Waals surface area contributed by atoms with E-state index in [0.717, 1.165) is 44.5 Å². The van der Waals surface area contributed by atoms with Gasteiger partial charge in [-0.15, -0.1) is 0 Å². The molecule has 0 amide bonds. The van der Waals surface area contributed by atoms with Gasteiger partial charge in [-0.25, -0.2) is 13.4 Å². The highest BCUT2D eigenvalue weighted by Gasteiger charge is 2.33. The van der Waals surface area contributed by atoms with Crippen molar-refractivity contribution in [2.75, 3.05) is 19.4 Å². The van der Waals surface area contributed by atoms with Gasteiger partial charge >= 0.3 is 0 Å². The number of nitrogens with zero attached hydrogens (tertiary/aromatic N) is 3. The Morgan fingerprint density at radius 2 is 1.93 bits per heavy atom. The van der Waals surface area contributed by atoms with Crippen molar-refractivity contribution >= 4 is 9.84 Å². The topological polar surface area (TPSA) is 64.4 Å². The SMILES string of the molecule is Cc1ccc(CN(C)Cc2cnc(S(=O)(=O)CC3CC3)n2CC2CCCO2)cc1. The Kier molecular flexibility index (Phi) is 6.08. The highest BCUT2D eigenvalue weighted by atomic mass is 32.2. The molecule has 1 aliphatic heterocycles. The summed E-state index contributed by atoms with van der Waals surface area (Å²) in [6.45, 7) is 4.85. The molecule has 6 nitrogen and oxygen atoms in total. The average Bonchev–Trinajstić information content (AvgIpc) is 3.15. The second-order valence-electron chi connectivity index (χ2n) is 8.66. The van der Waals surface area contributed by atoms with Gasteiger partial charge in [-0.2, -0.15) is 0 Å². The van der Waals surface area contributed by atoms with Gasteiger partial charge in [0.15, 0.2) is 0 Å². The molecule has 1 aliphatic carbocycles. The van der Waals surface area contributed by atoms with E-state index in [9.17, 15) is 8.42 Å². The lowest BCUT2D eigenvalue weighted by atomic mass is 10.1. The molecule has 0 spiro atoms. The predicted octanol–water partition coefficient (Wildman–Crippen LogP) is 3.19. The van der Waals surface area contributed by atoms with Crippen LogP contribution in [0.25, 0.3) is 0 Å². The largest absolute Gasteiger partial charge is 0.376 e. The third-order valence-corrected chi connectivity index (χ3v) is 7.54. The second kappa shape index (κ2) is 8.58. The molecule has 1 aromatic heterocycles. The predicted molar refractivity (Wildman–Crippen MR) is 112 cm³/mol. The molecular formula is C22H31N3O3S. The van der Waals surface area contributed by atoms with Crippen molar-refractivity contribution in [3.8, 4) is 0 Å². The number of rotatable bonds is 9. The highest BCUT2D eigenvalue weighted by Crippen LogP contribution is 2.32. The summed E-state index contributed by atoms with van der Waals surface area (Å²) < 4.78 is 33.6. The lowest BCUT2D eigenvalue weighted by Gasteiger charge is -2.20. The lowest BCUT2D eigenvalue weighted by molar-refractivity contribution is 0.0934. The van der Waals surface area contributed by atoms with E-state index in [2.05, 4.69) is 48.1 Å². The third kappa shape index (κ3) is 5.27. The molecule has 0 bridgehead atoms. The maximum absolute atomic E-state index is 13.0. The number of aryl methyl sites for hydroxylation is 1. The van der Waals surface area contributed by atoms with Crippen molar-refractivity contribution in [1.82, 2.24) is 14.5 Å². The molecule has 0 radical (unpaired) electrons. The van der Waals surface area contributed by atoms with Crippen LogP contribution in [0.4, 0.5) is 0 Å². The summed E-state index contributed by atoms with van der Waals surface area (Å²) in [5.74, 6) is 0.523. The minimum absolute atomic E-state index is 0.0697. The van der Waals surface area contributed by atoms with Crippen LogP contribution < -0.4 is 0 Å². The van der Waals surface area contributed by atoms with Crippen LogP contribution in [-0.4, -0.2) is 48.4 Å². The van der Waals surface area contributed by atoms with Gasteiger partial charge in [-0.05, 0) is 51.1 Å². The van der Waals surface area contributed by atoms with E-state index >= 15 is 0 Å². The van der Waals surface area contributed by atoms with Crippen LogP contribution in [0.2, 0.25) is 0 Å². The van der Waals surface area contributed by atoms with Crippen molar-refractivity contribution in [3.05, 3.63) is 47.3 Å². The Labute approximate surface area is 173 Å². The molecule has 2 aromatic rings. The molecule has 158 valence electrons. The molecule has 1 saturated carbocycles. The highest BCUT2D eigenvalue weighted by molar-refractivity contribution is 7.91. The average molecular weight is 418 g/mol. The molecular weight excluding hydrogens is 386 g/mol. The van der Waals surface area contributed by atoms with Crippen LogP contribution in [-0.2, 0) is 34.2 Å². The van der Waals surface area contributed by atoms with Crippen LogP contribution in [0.3, 0.4) is 0 Å². The van der Waals surface area contributed by atoms with E-state index in [4.69, 9.17) is 4.74 Å². The summed E-state index contributed by atoms with van der Waals surface area (Å²) in [5.41, 5.74) is 3.42. The fourth-order valence-electron chi connectivity index (χ4n) is 3.96. The Morgan fingerprint density at radius 3 is 2.59 bits per heavy atom. The fourth-order valence-corrected chi connectivity index (χ4v) is 5.80. The Hall–Kier alpha value is -1.70. The number of aromatic nitrogens is 2. The molecule has 1 unspecified atom stereocenters. The minimum atomic E-state index is -3.37. The van der Waals surface area contributed by atoms with Crippen molar-refractivity contribution < 1.29 is 13.2 Å². The molecule has 2 aliphatic rings. The van der Waals surface area contributed by atoms with Gasteiger partial charge in [-0.1, -0.05) is 29.8 Å². The van der Waals surface area contributed by atoms with E-state index in [1.54, 1.807) is 6.20 Å². The number of ether oxygens (including phenoxy) is 1. The number of hydrogen-bond donors (Lipinski definition) is 0. The summed E-state index contributed by atoms with van der Waals surface area (Å²) >= 11 is 0. The molecule has 7 heteroatoms. The summed E-state index contributed by atoms with van der Waals surface area (Å²) in [6, 6.07) is 8.52. The fraction of sp³-hybridized carbons (Fsp3) is 0.591. The summed E-state index contributed by atoms with van der Waals surface area (Å²) in [4.78, 5) is 6.57. The summed E-state index contributed by atoms with van der Waals surface area (Å²) in [6.07, 6.45) is 5.83. The molecule has 4 rings (SSSR count). The van der Waals surface area contributed by atoms with E-state index in [-0.39, 0.29) is 17.0 Å². The maximum atomic E-state index is 13.0. The minimum Gasteiger partial charge on any atom is -0.376 e. The molecule has 2 fully saturated rings. The van der Waals surface area contributed by atoms with Crippen molar-refractivity contribution in [1.29, 1.82) is 0 Å². The molecule has 1 atom stereocenters. The van der Waals surface area contributed by atoms with Crippen LogP contribution >= 0.6 is 0 Å². The van der Waals surface area contributed by atoms with Crippen LogP contribution in [0.5, 0.6) is 0 Å². The van der Waals surface area contributed by atoms with Gasteiger partial charge in [0.25, 0.3) is 0 Å².